The third kappa shape index (κ3) is 3.40. The number of hydrogen-bond acceptors (Lipinski definition) is 4. The molecule has 2 rings (SSSR count). The van der Waals surface area contributed by atoms with Gasteiger partial charge in [0.05, 0.1) is 9.95 Å². The van der Waals surface area contributed by atoms with E-state index in [9.17, 15) is 15.2 Å². The van der Waals surface area contributed by atoms with Crippen LogP contribution in [0.15, 0.2) is 40.9 Å². The van der Waals surface area contributed by atoms with Gasteiger partial charge >= 0.3 is 0 Å². The average molecular weight is 358 g/mol. The lowest BCUT2D eigenvalue weighted by atomic mass is 10.2. The SMILES string of the molecule is O=[N+]([O-])c1ccc(NCc2ccc(O)c(Cl)c2)c(Br)c1. The third-order valence-electron chi connectivity index (χ3n) is 2.66. The number of aromatic hydroxyl groups is 1. The molecule has 0 saturated carbocycles. The van der Waals surface area contributed by atoms with Crippen molar-refractivity contribution in [1.82, 2.24) is 0 Å². The molecular weight excluding hydrogens is 348 g/mol. The van der Waals surface area contributed by atoms with Crippen LogP contribution >= 0.6 is 27.5 Å². The lowest BCUT2D eigenvalue weighted by molar-refractivity contribution is -0.384. The van der Waals surface area contributed by atoms with Crippen LogP contribution in [0.5, 0.6) is 5.75 Å². The maximum absolute atomic E-state index is 10.6. The van der Waals surface area contributed by atoms with Crippen molar-refractivity contribution in [2.45, 2.75) is 6.54 Å². The number of nitrogens with zero attached hydrogens (tertiary/aromatic N) is 1. The molecule has 0 aliphatic rings. The van der Waals surface area contributed by atoms with Crippen LogP contribution in [-0.4, -0.2) is 10.0 Å². The fourth-order valence-corrected chi connectivity index (χ4v) is 2.33. The first-order chi connectivity index (χ1) is 9.47. The minimum atomic E-state index is -0.450. The van der Waals surface area contributed by atoms with Gasteiger partial charge in [-0.3, -0.25) is 10.1 Å². The van der Waals surface area contributed by atoms with E-state index < -0.39 is 4.92 Å². The Kier molecular flexibility index (Phi) is 4.46. The van der Waals surface area contributed by atoms with Gasteiger partial charge in [0.2, 0.25) is 0 Å². The summed E-state index contributed by atoms with van der Waals surface area (Å²) in [5.74, 6) is 0.0342. The van der Waals surface area contributed by atoms with Gasteiger partial charge in [-0.2, -0.15) is 0 Å². The Balaban J connectivity index is 2.10. The van der Waals surface area contributed by atoms with Crippen LogP contribution in [-0.2, 0) is 6.54 Å². The second-order valence-corrected chi connectivity index (χ2v) is 5.32. The fraction of sp³-hybridized carbons (Fsp3) is 0.0769. The molecule has 0 fully saturated rings. The lowest BCUT2D eigenvalue weighted by Crippen LogP contribution is -2.00. The summed E-state index contributed by atoms with van der Waals surface area (Å²) in [5, 5.41) is 23.4. The van der Waals surface area contributed by atoms with Gasteiger partial charge in [0.25, 0.3) is 5.69 Å². The molecule has 0 spiro atoms. The number of rotatable bonds is 4. The van der Waals surface area contributed by atoms with Crippen molar-refractivity contribution in [2.24, 2.45) is 0 Å². The van der Waals surface area contributed by atoms with E-state index in [1.54, 1.807) is 18.2 Å². The summed E-state index contributed by atoms with van der Waals surface area (Å²) in [6.45, 7) is 0.483. The van der Waals surface area contributed by atoms with E-state index in [1.807, 2.05) is 0 Å². The van der Waals surface area contributed by atoms with Crippen LogP contribution in [0.2, 0.25) is 5.02 Å². The van der Waals surface area contributed by atoms with Crippen molar-refractivity contribution in [3.05, 3.63) is 61.6 Å². The summed E-state index contributed by atoms with van der Waals surface area (Å²) >= 11 is 9.10. The van der Waals surface area contributed by atoms with Crippen LogP contribution in [0.3, 0.4) is 0 Å². The van der Waals surface area contributed by atoms with Crippen molar-refractivity contribution in [3.8, 4) is 5.75 Å². The normalized spacial score (nSPS) is 10.3. The standard InChI is InChI=1S/C13H10BrClN2O3/c14-10-6-9(17(19)20)2-3-12(10)16-7-8-1-4-13(18)11(15)5-8/h1-6,16,18H,7H2. The van der Waals surface area contributed by atoms with Gasteiger partial charge in [-0.05, 0) is 39.7 Å². The van der Waals surface area contributed by atoms with Crippen molar-refractivity contribution < 1.29 is 10.0 Å². The second-order valence-electron chi connectivity index (χ2n) is 4.06. The minimum Gasteiger partial charge on any atom is -0.506 e. The Labute approximate surface area is 128 Å². The molecule has 5 nitrogen and oxygen atoms in total. The highest BCUT2D eigenvalue weighted by atomic mass is 79.9. The van der Waals surface area contributed by atoms with E-state index in [0.717, 1.165) is 11.3 Å². The summed E-state index contributed by atoms with van der Waals surface area (Å²) in [6.07, 6.45) is 0. The van der Waals surface area contributed by atoms with Crippen LogP contribution in [0.25, 0.3) is 0 Å². The first-order valence-electron chi connectivity index (χ1n) is 5.62. The number of non-ortho nitro benzene ring substituents is 1. The Morgan fingerprint density at radius 3 is 2.65 bits per heavy atom. The van der Waals surface area contributed by atoms with E-state index >= 15 is 0 Å². The van der Waals surface area contributed by atoms with Crippen molar-refractivity contribution in [3.63, 3.8) is 0 Å². The number of nitrogens with one attached hydrogen (secondary N) is 1. The Hall–Kier alpha value is -1.79. The van der Waals surface area contributed by atoms with E-state index in [1.165, 1.54) is 18.2 Å². The zero-order valence-corrected chi connectivity index (χ0v) is 12.5. The molecule has 2 N–H and O–H groups in total. The van der Waals surface area contributed by atoms with E-state index in [0.29, 0.717) is 11.0 Å². The van der Waals surface area contributed by atoms with E-state index in [-0.39, 0.29) is 16.5 Å². The maximum Gasteiger partial charge on any atom is 0.270 e. The molecule has 0 atom stereocenters. The highest BCUT2D eigenvalue weighted by molar-refractivity contribution is 9.10. The molecule has 0 amide bonds. The molecule has 2 aromatic carbocycles. The second kappa shape index (κ2) is 6.11. The number of nitro groups is 1. The van der Waals surface area contributed by atoms with Gasteiger partial charge in [-0.25, -0.2) is 0 Å². The van der Waals surface area contributed by atoms with Crippen molar-refractivity contribution >= 4 is 38.9 Å². The molecule has 0 aliphatic heterocycles. The van der Waals surface area contributed by atoms with Crippen LogP contribution in [0.1, 0.15) is 5.56 Å². The van der Waals surface area contributed by atoms with Gasteiger partial charge in [0.15, 0.2) is 0 Å². The van der Waals surface area contributed by atoms with Gasteiger partial charge in [0.1, 0.15) is 5.75 Å². The summed E-state index contributed by atoms with van der Waals surface area (Å²) in [4.78, 5) is 10.2. The number of hydrogen-bond donors (Lipinski definition) is 2. The maximum atomic E-state index is 10.6. The number of halogens is 2. The minimum absolute atomic E-state index is 0.0232. The molecule has 0 heterocycles. The van der Waals surface area contributed by atoms with Gasteiger partial charge in [-0.15, -0.1) is 0 Å². The number of anilines is 1. The Morgan fingerprint density at radius 1 is 1.30 bits per heavy atom. The number of nitro benzene ring substituents is 1. The average Bonchev–Trinajstić information content (AvgIpc) is 2.41. The topological polar surface area (TPSA) is 75.4 Å². The zero-order valence-electron chi connectivity index (χ0n) is 10.1. The van der Waals surface area contributed by atoms with Crippen molar-refractivity contribution in [1.29, 1.82) is 0 Å². The highest BCUT2D eigenvalue weighted by Gasteiger charge is 2.09. The molecular formula is C13H10BrClN2O3. The molecule has 2 aromatic rings. The quantitative estimate of drug-likeness (QED) is 0.631. The number of phenols is 1. The molecule has 0 bridgehead atoms. The first-order valence-corrected chi connectivity index (χ1v) is 6.79. The summed E-state index contributed by atoms with van der Waals surface area (Å²) < 4.78 is 0.608. The van der Waals surface area contributed by atoms with Gasteiger partial charge in [-0.1, -0.05) is 17.7 Å². The molecule has 104 valence electrons. The lowest BCUT2D eigenvalue weighted by Gasteiger charge is -2.09. The predicted octanol–water partition coefficient (Wildman–Crippen LogP) is 4.33. The van der Waals surface area contributed by atoms with Gasteiger partial charge in [0, 0.05) is 28.8 Å². The zero-order chi connectivity index (χ0) is 14.7. The fourth-order valence-electron chi connectivity index (χ4n) is 1.62. The van der Waals surface area contributed by atoms with E-state index in [4.69, 9.17) is 11.6 Å². The van der Waals surface area contributed by atoms with Crippen LogP contribution in [0.4, 0.5) is 11.4 Å². The predicted molar refractivity (Wildman–Crippen MR) is 81.2 cm³/mol. The summed E-state index contributed by atoms with van der Waals surface area (Å²) in [6, 6.07) is 9.41. The Morgan fingerprint density at radius 2 is 2.05 bits per heavy atom. The number of benzene rings is 2. The largest absolute Gasteiger partial charge is 0.506 e. The van der Waals surface area contributed by atoms with Crippen molar-refractivity contribution in [2.75, 3.05) is 5.32 Å². The monoisotopic (exact) mass is 356 g/mol. The summed E-state index contributed by atoms with van der Waals surface area (Å²) in [7, 11) is 0. The van der Waals surface area contributed by atoms with Crippen LogP contribution < -0.4 is 5.32 Å². The molecule has 0 radical (unpaired) electrons. The third-order valence-corrected chi connectivity index (χ3v) is 3.62. The summed E-state index contributed by atoms with van der Waals surface area (Å²) in [5.41, 5.74) is 1.65. The first kappa shape index (κ1) is 14.6. The van der Waals surface area contributed by atoms with Gasteiger partial charge < -0.3 is 10.4 Å². The molecule has 0 saturated heterocycles. The highest BCUT2D eigenvalue weighted by Crippen LogP contribution is 2.28. The molecule has 20 heavy (non-hydrogen) atoms. The molecule has 0 aliphatic carbocycles. The Bertz CT molecular complexity index is 664. The van der Waals surface area contributed by atoms with Crippen LogP contribution in [0, 0.1) is 10.1 Å². The molecule has 7 heteroatoms. The molecule has 0 unspecified atom stereocenters. The number of phenolic OH excluding ortho intramolecular Hbond substituents is 1. The molecule has 0 aromatic heterocycles. The van der Waals surface area contributed by atoms with E-state index in [2.05, 4.69) is 21.2 Å². The smallest absolute Gasteiger partial charge is 0.270 e.